The van der Waals surface area contributed by atoms with Crippen molar-refractivity contribution >= 4 is 11.7 Å². The number of carbonyl (C=O) groups is 1. The third kappa shape index (κ3) is 4.84. The van der Waals surface area contributed by atoms with Crippen LogP contribution in [0.15, 0.2) is 18.2 Å². The number of nitrogens with one attached hydrogen (secondary N) is 2. The molecule has 7 heteroatoms. The number of amides is 2. The summed E-state index contributed by atoms with van der Waals surface area (Å²) in [6.07, 6.45) is 3.06. The molecule has 0 saturated carbocycles. The molecule has 0 radical (unpaired) electrons. The molecule has 1 aromatic carbocycles. The van der Waals surface area contributed by atoms with Gasteiger partial charge in [-0.1, -0.05) is 6.92 Å². The Labute approximate surface area is 153 Å². The van der Waals surface area contributed by atoms with Crippen LogP contribution in [-0.2, 0) is 0 Å². The minimum atomic E-state index is -0.827. The summed E-state index contributed by atoms with van der Waals surface area (Å²) < 4.78 is 26.4. The van der Waals surface area contributed by atoms with Crippen LogP contribution in [0.2, 0.25) is 0 Å². The third-order valence-electron chi connectivity index (χ3n) is 5.39. The molecule has 2 atom stereocenters. The molecule has 2 heterocycles. The van der Waals surface area contributed by atoms with E-state index in [0.717, 1.165) is 58.1 Å². The van der Waals surface area contributed by atoms with E-state index in [1.807, 2.05) is 4.90 Å². The number of urea groups is 1. The molecule has 2 saturated heterocycles. The predicted octanol–water partition coefficient (Wildman–Crippen LogP) is 2.57. The Morgan fingerprint density at radius 3 is 2.81 bits per heavy atom. The minimum absolute atomic E-state index is 0.112. The Kier molecular flexibility index (Phi) is 6.29. The zero-order valence-corrected chi connectivity index (χ0v) is 15.3. The van der Waals surface area contributed by atoms with Crippen molar-refractivity contribution in [1.29, 1.82) is 0 Å². The van der Waals surface area contributed by atoms with Crippen LogP contribution in [-0.4, -0.2) is 56.2 Å². The number of nitrogens with zero attached hydrogens (tertiary/aromatic N) is 2. The second-order valence-electron chi connectivity index (χ2n) is 7.29. The van der Waals surface area contributed by atoms with Crippen molar-refractivity contribution in [3.8, 4) is 0 Å². The molecule has 144 valence electrons. The Balaban J connectivity index is 1.41. The minimum Gasteiger partial charge on any atom is -0.371 e. The number of anilines is 1. The predicted molar refractivity (Wildman–Crippen MR) is 98.3 cm³/mol. The quantitative estimate of drug-likeness (QED) is 0.842. The summed E-state index contributed by atoms with van der Waals surface area (Å²) in [5.41, 5.74) is 0.692. The summed E-state index contributed by atoms with van der Waals surface area (Å²) in [6.45, 7) is 7.29. The topological polar surface area (TPSA) is 47.6 Å². The van der Waals surface area contributed by atoms with Gasteiger partial charge in [-0.05, 0) is 50.4 Å². The summed E-state index contributed by atoms with van der Waals surface area (Å²) in [6, 6.07) is 4.10. The number of piperidine rings is 1. The van der Waals surface area contributed by atoms with E-state index >= 15 is 0 Å². The number of rotatable bonds is 5. The highest BCUT2D eigenvalue weighted by molar-refractivity contribution is 5.74. The average Bonchev–Trinajstić information content (AvgIpc) is 3.11. The van der Waals surface area contributed by atoms with Crippen LogP contribution >= 0.6 is 0 Å². The molecule has 3 rings (SSSR count). The van der Waals surface area contributed by atoms with Gasteiger partial charge in [-0.15, -0.1) is 0 Å². The number of carbonyl (C=O) groups excluding carboxylic acids is 1. The maximum Gasteiger partial charge on any atom is 0.315 e. The van der Waals surface area contributed by atoms with E-state index in [0.29, 0.717) is 18.2 Å². The summed E-state index contributed by atoms with van der Waals surface area (Å²) in [5.74, 6) is -1.34. The molecule has 2 N–H and O–H groups in total. The lowest BCUT2D eigenvalue weighted by Gasteiger charge is -2.32. The summed E-state index contributed by atoms with van der Waals surface area (Å²) >= 11 is 0. The molecule has 26 heavy (non-hydrogen) atoms. The van der Waals surface area contributed by atoms with Crippen LogP contribution in [0.4, 0.5) is 19.3 Å². The summed E-state index contributed by atoms with van der Waals surface area (Å²) in [7, 11) is 0. The maximum absolute atomic E-state index is 13.4. The summed E-state index contributed by atoms with van der Waals surface area (Å²) in [5, 5.41) is 6.04. The van der Waals surface area contributed by atoms with Gasteiger partial charge in [0.1, 0.15) is 0 Å². The number of likely N-dealkylation sites (N-methyl/N-ethyl adjacent to an activating group) is 1. The first kappa shape index (κ1) is 18.9. The van der Waals surface area contributed by atoms with Crippen molar-refractivity contribution in [2.75, 3.05) is 44.2 Å². The van der Waals surface area contributed by atoms with E-state index in [1.165, 1.54) is 6.07 Å². The smallest absolute Gasteiger partial charge is 0.315 e. The van der Waals surface area contributed by atoms with Crippen molar-refractivity contribution in [2.24, 2.45) is 5.92 Å². The van der Waals surface area contributed by atoms with Crippen molar-refractivity contribution in [3.05, 3.63) is 29.8 Å². The van der Waals surface area contributed by atoms with Gasteiger partial charge in [0.2, 0.25) is 0 Å². The van der Waals surface area contributed by atoms with E-state index in [-0.39, 0.29) is 12.1 Å². The second kappa shape index (κ2) is 8.66. The Bertz CT molecular complexity index is 628. The molecule has 1 aromatic rings. The standard InChI is InChI=1S/C19H28F2N4O/c1-2-24-8-3-4-15(13-24)23-19(26)22-11-14-7-9-25(12-14)16-5-6-17(20)18(21)10-16/h5-6,10,14-15H,2-4,7-9,11-13H2,1H3,(H2,22,23,26)/t14-,15+/m0/s1. The molecule has 2 amide bonds. The fourth-order valence-corrected chi connectivity index (χ4v) is 3.85. The molecule has 2 aliphatic rings. The van der Waals surface area contributed by atoms with Gasteiger partial charge in [-0.2, -0.15) is 0 Å². The number of halogens is 2. The first-order valence-electron chi connectivity index (χ1n) is 9.52. The van der Waals surface area contributed by atoms with Gasteiger partial charge in [0.15, 0.2) is 11.6 Å². The molecule has 2 fully saturated rings. The SMILES string of the molecule is CCN1CCC[C@@H](NC(=O)NC[C@@H]2CCN(c3ccc(F)c(F)c3)C2)C1. The van der Waals surface area contributed by atoms with Gasteiger partial charge in [0.25, 0.3) is 0 Å². The van der Waals surface area contributed by atoms with Gasteiger partial charge in [0.05, 0.1) is 0 Å². The van der Waals surface area contributed by atoms with E-state index in [4.69, 9.17) is 0 Å². The number of hydrogen-bond acceptors (Lipinski definition) is 3. The molecule has 0 aromatic heterocycles. The van der Waals surface area contributed by atoms with Crippen LogP contribution in [0, 0.1) is 17.6 Å². The summed E-state index contributed by atoms with van der Waals surface area (Å²) in [4.78, 5) is 16.5. The van der Waals surface area contributed by atoms with Crippen LogP contribution in [0.3, 0.4) is 0 Å². The molecule has 0 aliphatic carbocycles. The van der Waals surface area contributed by atoms with Crippen LogP contribution in [0.5, 0.6) is 0 Å². The van der Waals surface area contributed by atoms with Crippen LogP contribution in [0.1, 0.15) is 26.2 Å². The molecular formula is C19H28F2N4O. The molecule has 5 nitrogen and oxygen atoms in total. The average molecular weight is 366 g/mol. The van der Waals surface area contributed by atoms with Crippen molar-refractivity contribution in [1.82, 2.24) is 15.5 Å². The Morgan fingerprint density at radius 1 is 1.19 bits per heavy atom. The van der Waals surface area contributed by atoms with Crippen molar-refractivity contribution < 1.29 is 13.6 Å². The highest BCUT2D eigenvalue weighted by atomic mass is 19.2. The van der Waals surface area contributed by atoms with Crippen molar-refractivity contribution in [3.63, 3.8) is 0 Å². The Morgan fingerprint density at radius 2 is 2.04 bits per heavy atom. The lowest BCUT2D eigenvalue weighted by atomic mass is 10.1. The van der Waals surface area contributed by atoms with Gasteiger partial charge in [-0.25, -0.2) is 13.6 Å². The highest BCUT2D eigenvalue weighted by Crippen LogP contribution is 2.25. The van der Waals surface area contributed by atoms with Gasteiger partial charge >= 0.3 is 6.03 Å². The lowest BCUT2D eigenvalue weighted by Crippen LogP contribution is -2.51. The zero-order valence-electron chi connectivity index (χ0n) is 15.3. The molecule has 0 bridgehead atoms. The van der Waals surface area contributed by atoms with E-state index in [9.17, 15) is 13.6 Å². The largest absolute Gasteiger partial charge is 0.371 e. The number of likely N-dealkylation sites (tertiary alicyclic amines) is 1. The lowest BCUT2D eigenvalue weighted by molar-refractivity contribution is 0.192. The number of benzene rings is 1. The third-order valence-corrected chi connectivity index (χ3v) is 5.39. The van der Waals surface area contributed by atoms with E-state index < -0.39 is 11.6 Å². The van der Waals surface area contributed by atoms with Gasteiger partial charge in [0, 0.05) is 44.0 Å². The van der Waals surface area contributed by atoms with Crippen LogP contribution in [0.25, 0.3) is 0 Å². The normalized spacial score (nSPS) is 23.9. The molecule has 0 unspecified atom stereocenters. The fraction of sp³-hybridized carbons (Fsp3) is 0.632. The Hall–Kier alpha value is -1.89. The fourth-order valence-electron chi connectivity index (χ4n) is 3.85. The molecule has 0 spiro atoms. The zero-order chi connectivity index (χ0) is 18.5. The number of hydrogen-bond donors (Lipinski definition) is 2. The first-order chi connectivity index (χ1) is 12.5. The molecular weight excluding hydrogens is 338 g/mol. The maximum atomic E-state index is 13.4. The highest BCUT2D eigenvalue weighted by Gasteiger charge is 2.25. The van der Waals surface area contributed by atoms with Crippen LogP contribution < -0.4 is 15.5 Å². The second-order valence-corrected chi connectivity index (χ2v) is 7.29. The monoisotopic (exact) mass is 366 g/mol. The van der Waals surface area contributed by atoms with E-state index in [2.05, 4.69) is 22.5 Å². The van der Waals surface area contributed by atoms with Gasteiger partial charge < -0.3 is 20.4 Å². The van der Waals surface area contributed by atoms with E-state index in [1.54, 1.807) is 6.07 Å². The first-order valence-corrected chi connectivity index (χ1v) is 9.52. The molecule has 2 aliphatic heterocycles. The van der Waals surface area contributed by atoms with Crippen molar-refractivity contribution in [2.45, 2.75) is 32.2 Å². The van der Waals surface area contributed by atoms with Gasteiger partial charge in [-0.3, -0.25) is 0 Å².